The molecule has 38 heavy (non-hydrogen) atoms. The molecule has 1 atom stereocenters. The number of nitrogens with one attached hydrogen (secondary N) is 1. The lowest BCUT2D eigenvalue weighted by Gasteiger charge is -2.32. The maximum Gasteiger partial charge on any atom is 0.264 e. The molecule has 0 aliphatic heterocycles. The largest absolute Gasteiger partial charge is 0.352 e. The molecule has 3 aromatic carbocycles. The molecule has 1 N–H and O–H groups in total. The normalized spacial score (nSPS) is 12.2. The fourth-order valence-electron chi connectivity index (χ4n) is 3.75. The summed E-state index contributed by atoms with van der Waals surface area (Å²) in [5.74, 6) is -1.43. The van der Waals surface area contributed by atoms with E-state index in [0.29, 0.717) is 10.6 Å². The maximum atomic E-state index is 13.8. The predicted molar refractivity (Wildman–Crippen MR) is 147 cm³/mol. The number of hydrogen-bond acceptors (Lipinski definition) is 4. The smallest absolute Gasteiger partial charge is 0.264 e. The molecule has 3 rings (SSSR count). The Morgan fingerprint density at radius 1 is 0.921 bits per heavy atom. The van der Waals surface area contributed by atoms with E-state index >= 15 is 0 Å². The number of halogens is 2. The number of carbonyl (C=O) groups excluding carboxylic acids is 2. The predicted octanol–water partition coefficient (Wildman–Crippen LogP) is 4.92. The number of rotatable bonds is 10. The molecule has 0 aromatic heterocycles. The zero-order valence-corrected chi connectivity index (χ0v) is 23.3. The van der Waals surface area contributed by atoms with Crippen LogP contribution >= 0.6 is 11.6 Å². The summed E-state index contributed by atoms with van der Waals surface area (Å²) in [5, 5.41) is 3.19. The van der Waals surface area contributed by atoms with Crippen LogP contribution in [0.4, 0.5) is 10.1 Å². The summed E-state index contributed by atoms with van der Waals surface area (Å²) in [7, 11) is -4.16. The highest BCUT2D eigenvalue weighted by Gasteiger charge is 2.32. The van der Waals surface area contributed by atoms with E-state index in [1.807, 2.05) is 6.92 Å². The molecule has 0 fully saturated rings. The van der Waals surface area contributed by atoms with Gasteiger partial charge in [-0.15, -0.1) is 0 Å². The van der Waals surface area contributed by atoms with Gasteiger partial charge in [0.1, 0.15) is 18.4 Å². The number of sulfonamides is 1. The van der Waals surface area contributed by atoms with Crippen LogP contribution in [0.2, 0.25) is 5.02 Å². The summed E-state index contributed by atoms with van der Waals surface area (Å²) < 4.78 is 42.0. The van der Waals surface area contributed by atoms with Crippen LogP contribution in [0.25, 0.3) is 0 Å². The third-order valence-electron chi connectivity index (χ3n) is 5.87. The van der Waals surface area contributed by atoms with Crippen molar-refractivity contribution >= 4 is 39.1 Å². The third-order valence-corrected chi connectivity index (χ3v) is 7.91. The van der Waals surface area contributed by atoms with Crippen molar-refractivity contribution in [3.63, 3.8) is 0 Å². The van der Waals surface area contributed by atoms with E-state index in [1.165, 1.54) is 65.6 Å². The quantitative estimate of drug-likeness (QED) is 0.382. The fourth-order valence-corrected chi connectivity index (χ4v) is 5.29. The average Bonchev–Trinajstić information content (AvgIpc) is 2.87. The number of nitrogens with zero attached hydrogens (tertiary/aromatic N) is 2. The first-order valence-electron chi connectivity index (χ1n) is 12.1. The van der Waals surface area contributed by atoms with Gasteiger partial charge in [-0.1, -0.05) is 41.4 Å². The van der Waals surface area contributed by atoms with Gasteiger partial charge in [-0.25, -0.2) is 12.8 Å². The lowest BCUT2D eigenvalue weighted by molar-refractivity contribution is -0.139. The highest BCUT2D eigenvalue weighted by molar-refractivity contribution is 7.92. The van der Waals surface area contributed by atoms with Gasteiger partial charge in [0.05, 0.1) is 10.6 Å². The molecule has 3 aromatic rings. The summed E-state index contributed by atoms with van der Waals surface area (Å²) in [6.07, 6.45) is 0. The number of benzene rings is 3. The van der Waals surface area contributed by atoms with Gasteiger partial charge < -0.3 is 10.2 Å². The summed E-state index contributed by atoms with van der Waals surface area (Å²) >= 11 is 6.03. The zero-order valence-electron chi connectivity index (χ0n) is 21.7. The molecule has 0 aliphatic rings. The van der Waals surface area contributed by atoms with Crippen LogP contribution in [-0.2, 0) is 26.2 Å². The van der Waals surface area contributed by atoms with E-state index in [-0.39, 0.29) is 23.2 Å². The first kappa shape index (κ1) is 29.1. The monoisotopic (exact) mass is 559 g/mol. The molecule has 202 valence electrons. The molecule has 0 spiro atoms. The lowest BCUT2D eigenvalue weighted by Crippen LogP contribution is -2.52. The van der Waals surface area contributed by atoms with E-state index in [9.17, 15) is 22.4 Å². The van der Waals surface area contributed by atoms with Crippen molar-refractivity contribution < 1.29 is 22.4 Å². The van der Waals surface area contributed by atoms with E-state index in [2.05, 4.69) is 5.32 Å². The van der Waals surface area contributed by atoms with E-state index < -0.39 is 40.2 Å². The molecule has 2 amide bonds. The minimum atomic E-state index is -4.16. The number of carbonyl (C=O) groups is 2. The molecule has 1 unspecified atom stereocenters. The van der Waals surface area contributed by atoms with Crippen LogP contribution < -0.4 is 9.62 Å². The second-order valence-corrected chi connectivity index (χ2v) is 11.6. The molecular formula is C28H31ClFN3O4S. The second-order valence-electron chi connectivity index (χ2n) is 9.29. The summed E-state index contributed by atoms with van der Waals surface area (Å²) in [4.78, 5) is 27.9. The molecule has 0 heterocycles. The SMILES string of the molecule is Cc1ccc(S(=O)(=O)N(CC(=O)N(Cc2ccc(F)cc2)C(C)C(=O)NC(C)C)c2ccc(Cl)cc2)cc1. The van der Waals surface area contributed by atoms with Gasteiger partial charge in [-0.2, -0.15) is 0 Å². The van der Waals surface area contributed by atoms with E-state index in [0.717, 1.165) is 9.87 Å². The number of hydrogen-bond donors (Lipinski definition) is 1. The summed E-state index contributed by atoms with van der Waals surface area (Å²) in [6, 6.07) is 16.9. The van der Waals surface area contributed by atoms with Crippen LogP contribution in [-0.4, -0.2) is 43.8 Å². The Morgan fingerprint density at radius 2 is 1.50 bits per heavy atom. The Morgan fingerprint density at radius 3 is 2.05 bits per heavy atom. The van der Waals surface area contributed by atoms with Crippen molar-refractivity contribution in [2.75, 3.05) is 10.8 Å². The molecule has 0 aliphatic carbocycles. The highest BCUT2D eigenvalue weighted by Crippen LogP contribution is 2.26. The number of aryl methyl sites for hydroxylation is 1. The van der Waals surface area contributed by atoms with Crippen LogP contribution in [0, 0.1) is 12.7 Å². The van der Waals surface area contributed by atoms with Crippen LogP contribution in [0.15, 0.2) is 77.7 Å². The maximum absolute atomic E-state index is 13.8. The Kier molecular flexibility index (Phi) is 9.51. The van der Waals surface area contributed by atoms with Crippen LogP contribution in [0.1, 0.15) is 31.9 Å². The van der Waals surface area contributed by atoms with Crippen molar-refractivity contribution in [3.05, 3.63) is 94.8 Å². The Bertz CT molecular complexity index is 1360. The van der Waals surface area contributed by atoms with Crippen molar-refractivity contribution in [2.24, 2.45) is 0 Å². The van der Waals surface area contributed by atoms with Crippen molar-refractivity contribution in [1.29, 1.82) is 0 Å². The van der Waals surface area contributed by atoms with Crippen LogP contribution in [0.5, 0.6) is 0 Å². The van der Waals surface area contributed by atoms with Gasteiger partial charge in [0.25, 0.3) is 10.0 Å². The molecule has 0 saturated carbocycles. The van der Waals surface area contributed by atoms with Crippen molar-refractivity contribution in [1.82, 2.24) is 10.2 Å². The highest BCUT2D eigenvalue weighted by atomic mass is 35.5. The standard InChI is InChI=1S/C28H31ClFN3O4S/c1-19(2)31-28(35)21(4)32(17-22-7-11-24(30)12-8-22)27(34)18-33(25-13-9-23(29)10-14-25)38(36,37)26-15-5-20(3)6-16-26/h5-16,19,21H,17-18H2,1-4H3,(H,31,35). The van der Waals surface area contributed by atoms with E-state index in [1.54, 1.807) is 32.9 Å². The molecular weight excluding hydrogens is 529 g/mol. The average molecular weight is 560 g/mol. The Hall–Kier alpha value is -3.43. The van der Waals surface area contributed by atoms with Crippen LogP contribution in [0.3, 0.4) is 0 Å². The van der Waals surface area contributed by atoms with Gasteiger partial charge in [-0.3, -0.25) is 13.9 Å². The number of amides is 2. The second kappa shape index (κ2) is 12.4. The number of anilines is 1. The van der Waals surface area contributed by atoms with Gasteiger partial charge in [0.15, 0.2) is 0 Å². The first-order chi connectivity index (χ1) is 17.9. The van der Waals surface area contributed by atoms with E-state index in [4.69, 9.17) is 11.6 Å². The lowest BCUT2D eigenvalue weighted by atomic mass is 10.1. The van der Waals surface area contributed by atoms with Crippen molar-refractivity contribution in [3.8, 4) is 0 Å². The molecule has 7 nitrogen and oxygen atoms in total. The molecule has 0 saturated heterocycles. The molecule has 10 heteroatoms. The molecule has 0 bridgehead atoms. The Labute approximate surface area is 228 Å². The van der Waals surface area contributed by atoms with Gasteiger partial charge in [-0.05, 0) is 81.8 Å². The zero-order chi connectivity index (χ0) is 28.0. The minimum absolute atomic E-state index is 0.0153. The molecule has 0 radical (unpaired) electrons. The van der Waals surface area contributed by atoms with Gasteiger partial charge >= 0.3 is 0 Å². The third kappa shape index (κ3) is 7.33. The first-order valence-corrected chi connectivity index (χ1v) is 13.9. The van der Waals surface area contributed by atoms with Gasteiger partial charge in [0.2, 0.25) is 11.8 Å². The summed E-state index contributed by atoms with van der Waals surface area (Å²) in [5.41, 5.74) is 1.71. The minimum Gasteiger partial charge on any atom is -0.352 e. The topological polar surface area (TPSA) is 86.8 Å². The summed E-state index contributed by atoms with van der Waals surface area (Å²) in [6.45, 7) is 6.41. The fraction of sp³-hybridized carbons (Fsp3) is 0.286. The Balaban J connectivity index is 2.02. The van der Waals surface area contributed by atoms with Gasteiger partial charge in [0, 0.05) is 17.6 Å². The van der Waals surface area contributed by atoms with Crippen molar-refractivity contribution in [2.45, 2.75) is 51.2 Å².